The van der Waals surface area contributed by atoms with Gasteiger partial charge in [0.2, 0.25) is 0 Å². The van der Waals surface area contributed by atoms with E-state index in [0.717, 1.165) is 31.5 Å². The fourth-order valence-electron chi connectivity index (χ4n) is 5.23. The number of benzene rings is 2. The zero-order valence-corrected chi connectivity index (χ0v) is 17.3. The van der Waals surface area contributed by atoms with Crippen LogP contribution in [0.3, 0.4) is 0 Å². The van der Waals surface area contributed by atoms with E-state index in [9.17, 15) is 4.79 Å². The number of aryl methyl sites for hydroxylation is 1. The number of carbonyl (C=O) groups is 1. The number of nitrogens with zero attached hydrogens (tertiary/aromatic N) is 1. The standard InChI is InChI=1S/C24H29ClN2O/c1-18-10-9-13-20(25)21(18)23(28)26-22(19-11-3-2-4-12-19)24(14-5-6-15-24)27-16-7-8-17-27/h2-4,9-13,22H,5-8,14-17H2,1H3,(H,26,28). The van der Waals surface area contributed by atoms with E-state index >= 15 is 0 Å². The normalized spacial score (nSPS) is 20.2. The molecule has 1 saturated heterocycles. The lowest BCUT2D eigenvalue weighted by Gasteiger charge is -2.45. The maximum Gasteiger partial charge on any atom is 0.253 e. The van der Waals surface area contributed by atoms with Crippen molar-refractivity contribution in [2.45, 2.75) is 57.0 Å². The van der Waals surface area contributed by atoms with Crippen LogP contribution in [0.4, 0.5) is 0 Å². The molecule has 3 nitrogen and oxygen atoms in total. The van der Waals surface area contributed by atoms with Gasteiger partial charge in [0.05, 0.1) is 16.6 Å². The van der Waals surface area contributed by atoms with Crippen molar-refractivity contribution in [2.24, 2.45) is 0 Å². The molecule has 0 bridgehead atoms. The first-order valence-electron chi connectivity index (χ1n) is 10.5. The van der Waals surface area contributed by atoms with E-state index in [2.05, 4.69) is 34.5 Å². The summed E-state index contributed by atoms with van der Waals surface area (Å²) in [4.78, 5) is 16.0. The van der Waals surface area contributed by atoms with E-state index in [-0.39, 0.29) is 17.5 Å². The lowest BCUT2D eigenvalue weighted by molar-refractivity contribution is 0.0642. The van der Waals surface area contributed by atoms with E-state index in [1.807, 2.05) is 25.1 Å². The Morgan fingerprint density at radius 2 is 1.68 bits per heavy atom. The minimum Gasteiger partial charge on any atom is -0.343 e. The van der Waals surface area contributed by atoms with Crippen molar-refractivity contribution in [3.63, 3.8) is 0 Å². The molecule has 2 aromatic carbocycles. The summed E-state index contributed by atoms with van der Waals surface area (Å²) in [6.45, 7) is 4.21. The van der Waals surface area contributed by atoms with Gasteiger partial charge in [-0.05, 0) is 62.9 Å². The Labute approximate surface area is 173 Å². The molecule has 1 atom stereocenters. The van der Waals surface area contributed by atoms with Gasteiger partial charge in [0.1, 0.15) is 0 Å². The molecule has 2 fully saturated rings. The maximum absolute atomic E-state index is 13.4. The average Bonchev–Trinajstić information content (AvgIpc) is 3.39. The molecule has 1 saturated carbocycles. The first-order valence-corrected chi connectivity index (χ1v) is 10.9. The van der Waals surface area contributed by atoms with Crippen molar-refractivity contribution >= 4 is 17.5 Å². The van der Waals surface area contributed by atoms with Gasteiger partial charge in [-0.2, -0.15) is 0 Å². The number of nitrogens with one attached hydrogen (secondary N) is 1. The van der Waals surface area contributed by atoms with E-state index in [0.29, 0.717) is 10.6 Å². The molecule has 1 N–H and O–H groups in total. The third kappa shape index (κ3) is 3.58. The number of rotatable bonds is 5. The van der Waals surface area contributed by atoms with Crippen LogP contribution in [0.15, 0.2) is 48.5 Å². The van der Waals surface area contributed by atoms with Crippen LogP contribution in [0.25, 0.3) is 0 Å². The molecular formula is C24H29ClN2O. The quantitative estimate of drug-likeness (QED) is 0.720. The zero-order valence-electron chi connectivity index (χ0n) is 16.6. The van der Waals surface area contributed by atoms with Crippen molar-refractivity contribution in [2.75, 3.05) is 13.1 Å². The van der Waals surface area contributed by atoms with Gasteiger partial charge in [0, 0.05) is 5.54 Å². The SMILES string of the molecule is Cc1cccc(Cl)c1C(=O)NC(c1ccccc1)C1(N2CCCC2)CCCC1. The molecule has 2 aromatic rings. The Balaban J connectivity index is 1.73. The van der Waals surface area contributed by atoms with Crippen LogP contribution in [0.5, 0.6) is 0 Å². The summed E-state index contributed by atoms with van der Waals surface area (Å²) in [5.74, 6) is -0.0672. The number of halogens is 1. The first-order chi connectivity index (χ1) is 13.6. The third-order valence-corrected chi connectivity index (χ3v) is 6.91. The van der Waals surface area contributed by atoms with Gasteiger partial charge < -0.3 is 5.32 Å². The van der Waals surface area contributed by atoms with Crippen LogP contribution < -0.4 is 5.32 Å². The molecule has 1 aliphatic heterocycles. The van der Waals surface area contributed by atoms with E-state index in [1.54, 1.807) is 6.07 Å². The second-order valence-electron chi connectivity index (χ2n) is 8.25. The summed E-state index contributed by atoms with van der Waals surface area (Å²) in [5.41, 5.74) is 2.70. The van der Waals surface area contributed by atoms with E-state index in [4.69, 9.17) is 11.6 Å². The average molecular weight is 397 g/mol. The van der Waals surface area contributed by atoms with Crippen molar-refractivity contribution < 1.29 is 4.79 Å². The van der Waals surface area contributed by atoms with Crippen molar-refractivity contribution in [1.82, 2.24) is 10.2 Å². The van der Waals surface area contributed by atoms with E-state index in [1.165, 1.54) is 31.2 Å². The van der Waals surface area contributed by atoms with E-state index < -0.39 is 0 Å². The van der Waals surface area contributed by atoms with Crippen LogP contribution >= 0.6 is 11.6 Å². The van der Waals surface area contributed by atoms with Gasteiger partial charge in [0.25, 0.3) is 5.91 Å². The topological polar surface area (TPSA) is 32.3 Å². The van der Waals surface area contributed by atoms with Crippen LogP contribution in [-0.4, -0.2) is 29.4 Å². The highest BCUT2D eigenvalue weighted by Crippen LogP contribution is 2.46. The minimum atomic E-state index is -0.0672. The molecule has 1 unspecified atom stereocenters. The first kappa shape index (κ1) is 19.5. The molecule has 4 heteroatoms. The van der Waals surface area contributed by atoms with Crippen LogP contribution in [0.2, 0.25) is 5.02 Å². The second kappa shape index (κ2) is 8.26. The molecule has 28 heavy (non-hydrogen) atoms. The molecule has 0 aromatic heterocycles. The Morgan fingerprint density at radius 1 is 1.00 bits per heavy atom. The molecule has 1 heterocycles. The van der Waals surface area contributed by atoms with Crippen molar-refractivity contribution in [1.29, 1.82) is 0 Å². The van der Waals surface area contributed by atoms with Crippen LogP contribution in [0, 0.1) is 6.92 Å². The Bertz CT molecular complexity index is 804. The van der Waals surface area contributed by atoms with Gasteiger partial charge in [-0.3, -0.25) is 9.69 Å². The summed E-state index contributed by atoms with van der Waals surface area (Å²) >= 11 is 6.40. The third-order valence-electron chi connectivity index (χ3n) is 6.60. The largest absolute Gasteiger partial charge is 0.343 e. The highest BCUT2D eigenvalue weighted by atomic mass is 35.5. The Kier molecular flexibility index (Phi) is 5.75. The van der Waals surface area contributed by atoms with Gasteiger partial charge >= 0.3 is 0 Å². The predicted octanol–water partition coefficient (Wildman–Crippen LogP) is 5.53. The maximum atomic E-state index is 13.4. The molecule has 2 aliphatic rings. The second-order valence-corrected chi connectivity index (χ2v) is 8.66. The zero-order chi connectivity index (χ0) is 19.6. The summed E-state index contributed by atoms with van der Waals surface area (Å²) in [6.07, 6.45) is 7.21. The summed E-state index contributed by atoms with van der Waals surface area (Å²) in [6, 6.07) is 16.1. The van der Waals surface area contributed by atoms with Gasteiger partial charge in [-0.1, -0.05) is 66.9 Å². The molecule has 1 amide bonds. The number of amides is 1. The van der Waals surface area contributed by atoms with Crippen LogP contribution in [0.1, 0.15) is 66.1 Å². The highest BCUT2D eigenvalue weighted by Gasteiger charge is 2.48. The summed E-state index contributed by atoms with van der Waals surface area (Å²) in [5, 5.41) is 3.95. The minimum absolute atomic E-state index is 0.00265. The Hall–Kier alpha value is -1.84. The number of hydrogen-bond acceptors (Lipinski definition) is 2. The smallest absolute Gasteiger partial charge is 0.253 e. The number of carbonyl (C=O) groups excluding carboxylic acids is 1. The van der Waals surface area contributed by atoms with Gasteiger partial charge in [0.15, 0.2) is 0 Å². The predicted molar refractivity (Wildman–Crippen MR) is 115 cm³/mol. The molecule has 148 valence electrons. The fraction of sp³-hybridized carbons (Fsp3) is 0.458. The summed E-state index contributed by atoms with van der Waals surface area (Å²) < 4.78 is 0. The molecule has 0 radical (unpaired) electrons. The number of hydrogen-bond donors (Lipinski definition) is 1. The molecule has 4 rings (SSSR count). The van der Waals surface area contributed by atoms with Crippen LogP contribution in [-0.2, 0) is 0 Å². The highest BCUT2D eigenvalue weighted by molar-refractivity contribution is 6.34. The molecule has 0 spiro atoms. The fourth-order valence-corrected chi connectivity index (χ4v) is 5.54. The summed E-state index contributed by atoms with van der Waals surface area (Å²) in [7, 11) is 0. The Morgan fingerprint density at radius 3 is 2.32 bits per heavy atom. The van der Waals surface area contributed by atoms with Gasteiger partial charge in [-0.25, -0.2) is 0 Å². The number of likely N-dealkylation sites (tertiary alicyclic amines) is 1. The van der Waals surface area contributed by atoms with Crippen molar-refractivity contribution in [3.05, 3.63) is 70.2 Å². The molecular weight excluding hydrogens is 368 g/mol. The molecule has 1 aliphatic carbocycles. The van der Waals surface area contributed by atoms with Gasteiger partial charge in [-0.15, -0.1) is 0 Å². The lowest BCUT2D eigenvalue weighted by Crippen LogP contribution is -2.55. The lowest BCUT2D eigenvalue weighted by atomic mass is 9.81. The monoisotopic (exact) mass is 396 g/mol. The van der Waals surface area contributed by atoms with Crippen molar-refractivity contribution in [3.8, 4) is 0 Å².